The Labute approximate surface area is 128 Å². The Kier molecular flexibility index (Phi) is 5.27. The Morgan fingerprint density at radius 1 is 1.29 bits per heavy atom. The summed E-state index contributed by atoms with van der Waals surface area (Å²) in [7, 11) is 1.96. The molecule has 3 nitrogen and oxygen atoms in total. The van der Waals surface area contributed by atoms with Crippen LogP contribution in [0.15, 0.2) is 18.2 Å². The van der Waals surface area contributed by atoms with Crippen LogP contribution in [0, 0.1) is 12.8 Å². The molecule has 0 radical (unpaired) electrons. The molecule has 1 amide bonds. The summed E-state index contributed by atoms with van der Waals surface area (Å²) in [6.45, 7) is 7.23. The van der Waals surface area contributed by atoms with Crippen LogP contribution >= 0.6 is 0 Å². The number of hydrogen-bond donors (Lipinski definition) is 1. The molecule has 0 saturated heterocycles. The third kappa shape index (κ3) is 3.78. The standard InChI is InChI=1S/C18H28N2O/c1-5-19-17-11-8-14(3)12-16(17)18(21)20(4)15-9-6-13(2)7-10-15/h8,11-13,15,19H,5-7,9-10H2,1-4H3. The van der Waals surface area contributed by atoms with Gasteiger partial charge in [0, 0.05) is 25.3 Å². The van der Waals surface area contributed by atoms with Crippen LogP contribution in [0.3, 0.4) is 0 Å². The summed E-state index contributed by atoms with van der Waals surface area (Å²) in [6.07, 6.45) is 4.73. The topological polar surface area (TPSA) is 32.3 Å². The largest absolute Gasteiger partial charge is 0.385 e. The molecule has 1 aromatic carbocycles. The van der Waals surface area contributed by atoms with E-state index in [1.165, 1.54) is 12.8 Å². The number of aryl methyl sites for hydroxylation is 1. The van der Waals surface area contributed by atoms with Gasteiger partial charge in [0.2, 0.25) is 0 Å². The number of nitrogens with one attached hydrogen (secondary N) is 1. The second-order valence-corrected chi connectivity index (χ2v) is 6.41. The summed E-state index contributed by atoms with van der Waals surface area (Å²) >= 11 is 0. The Bertz CT molecular complexity index is 490. The van der Waals surface area contributed by atoms with Crippen molar-refractivity contribution in [1.29, 1.82) is 0 Å². The molecule has 1 N–H and O–H groups in total. The monoisotopic (exact) mass is 288 g/mol. The fourth-order valence-corrected chi connectivity index (χ4v) is 3.17. The molecular weight excluding hydrogens is 260 g/mol. The highest BCUT2D eigenvalue weighted by atomic mass is 16.2. The number of carbonyl (C=O) groups is 1. The van der Waals surface area contributed by atoms with Gasteiger partial charge in [0.25, 0.3) is 5.91 Å². The van der Waals surface area contributed by atoms with Crippen molar-refractivity contribution >= 4 is 11.6 Å². The zero-order chi connectivity index (χ0) is 15.4. The number of hydrogen-bond acceptors (Lipinski definition) is 2. The first-order valence-electron chi connectivity index (χ1n) is 8.14. The lowest BCUT2D eigenvalue weighted by Gasteiger charge is -2.34. The van der Waals surface area contributed by atoms with Crippen LogP contribution in [0.4, 0.5) is 5.69 Å². The fraction of sp³-hybridized carbons (Fsp3) is 0.611. The fourth-order valence-electron chi connectivity index (χ4n) is 3.17. The molecule has 0 atom stereocenters. The third-order valence-electron chi connectivity index (χ3n) is 4.63. The van der Waals surface area contributed by atoms with Crippen molar-refractivity contribution in [2.24, 2.45) is 5.92 Å². The average Bonchev–Trinajstić information content (AvgIpc) is 2.48. The Balaban J connectivity index is 2.16. The zero-order valence-corrected chi connectivity index (χ0v) is 13.8. The normalized spacial score (nSPS) is 21.9. The van der Waals surface area contributed by atoms with Crippen LogP contribution in [-0.4, -0.2) is 30.4 Å². The number of amides is 1. The SMILES string of the molecule is CCNc1ccc(C)cc1C(=O)N(C)C1CCC(C)CC1. The van der Waals surface area contributed by atoms with Gasteiger partial charge in [-0.1, -0.05) is 18.6 Å². The van der Waals surface area contributed by atoms with Gasteiger partial charge in [-0.25, -0.2) is 0 Å². The molecule has 1 aliphatic rings. The van der Waals surface area contributed by atoms with E-state index in [4.69, 9.17) is 0 Å². The molecule has 0 aromatic heterocycles. The van der Waals surface area contributed by atoms with E-state index in [9.17, 15) is 4.79 Å². The van der Waals surface area contributed by atoms with E-state index in [-0.39, 0.29) is 5.91 Å². The molecule has 0 heterocycles. The smallest absolute Gasteiger partial charge is 0.255 e. The maximum atomic E-state index is 12.9. The molecule has 2 rings (SSSR count). The molecule has 116 valence electrons. The van der Waals surface area contributed by atoms with Gasteiger partial charge in [-0.15, -0.1) is 0 Å². The Morgan fingerprint density at radius 2 is 1.95 bits per heavy atom. The lowest BCUT2D eigenvalue weighted by Crippen LogP contribution is -2.39. The van der Waals surface area contributed by atoms with Crippen molar-refractivity contribution < 1.29 is 4.79 Å². The summed E-state index contributed by atoms with van der Waals surface area (Å²) in [5, 5.41) is 3.30. The highest BCUT2D eigenvalue weighted by Crippen LogP contribution is 2.28. The van der Waals surface area contributed by atoms with E-state index in [1.54, 1.807) is 0 Å². The van der Waals surface area contributed by atoms with Crippen LogP contribution < -0.4 is 5.32 Å². The highest BCUT2D eigenvalue weighted by molar-refractivity contribution is 5.99. The molecule has 3 heteroatoms. The molecule has 0 unspecified atom stereocenters. The van der Waals surface area contributed by atoms with E-state index in [1.807, 2.05) is 31.0 Å². The minimum atomic E-state index is 0.147. The predicted octanol–water partition coefficient (Wildman–Crippen LogP) is 4.08. The maximum absolute atomic E-state index is 12.9. The summed E-state index contributed by atoms with van der Waals surface area (Å²) in [6, 6.07) is 6.46. The molecule has 1 fully saturated rings. The van der Waals surface area contributed by atoms with Crippen LogP contribution in [0.2, 0.25) is 0 Å². The number of carbonyl (C=O) groups excluding carboxylic acids is 1. The van der Waals surface area contributed by atoms with Gasteiger partial charge in [0.15, 0.2) is 0 Å². The summed E-state index contributed by atoms with van der Waals surface area (Å²) in [5.74, 6) is 0.954. The molecule has 0 bridgehead atoms. The van der Waals surface area contributed by atoms with Crippen molar-refractivity contribution in [3.05, 3.63) is 29.3 Å². The van der Waals surface area contributed by atoms with Crippen molar-refractivity contribution in [2.45, 2.75) is 52.5 Å². The van der Waals surface area contributed by atoms with Crippen LogP contribution in [-0.2, 0) is 0 Å². The van der Waals surface area contributed by atoms with E-state index in [0.717, 1.165) is 42.1 Å². The number of benzene rings is 1. The Morgan fingerprint density at radius 3 is 2.57 bits per heavy atom. The van der Waals surface area contributed by atoms with Crippen LogP contribution in [0.5, 0.6) is 0 Å². The van der Waals surface area contributed by atoms with E-state index < -0.39 is 0 Å². The predicted molar refractivity (Wildman–Crippen MR) is 88.9 cm³/mol. The zero-order valence-electron chi connectivity index (χ0n) is 13.8. The van der Waals surface area contributed by atoms with Gasteiger partial charge >= 0.3 is 0 Å². The van der Waals surface area contributed by atoms with Gasteiger partial charge in [-0.2, -0.15) is 0 Å². The summed E-state index contributed by atoms with van der Waals surface area (Å²) < 4.78 is 0. The van der Waals surface area contributed by atoms with Crippen molar-refractivity contribution in [3.8, 4) is 0 Å². The highest BCUT2D eigenvalue weighted by Gasteiger charge is 2.26. The minimum Gasteiger partial charge on any atom is -0.385 e. The lowest BCUT2D eigenvalue weighted by atomic mass is 9.86. The first-order valence-corrected chi connectivity index (χ1v) is 8.14. The van der Waals surface area contributed by atoms with E-state index >= 15 is 0 Å². The van der Waals surface area contributed by atoms with Crippen LogP contribution in [0.1, 0.15) is 55.5 Å². The number of anilines is 1. The van der Waals surface area contributed by atoms with Gasteiger partial charge in [-0.3, -0.25) is 4.79 Å². The van der Waals surface area contributed by atoms with Crippen LogP contribution in [0.25, 0.3) is 0 Å². The third-order valence-corrected chi connectivity index (χ3v) is 4.63. The van der Waals surface area contributed by atoms with Crippen molar-refractivity contribution in [2.75, 3.05) is 18.9 Å². The van der Waals surface area contributed by atoms with Gasteiger partial charge < -0.3 is 10.2 Å². The average molecular weight is 288 g/mol. The van der Waals surface area contributed by atoms with Gasteiger partial charge in [-0.05, 0) is 57.6 Å². The van der Waals surface area contributed by atoms with Crippen molar-refractivity contribution in [1.82, 2.24) is 4.90 Å². The quantitative estimate of drug-likeness (QED) is 0.905. The van der Waals surface area contributed by atoms with Gasteiger partial charge in [0.1, 0.15) is 0 Å². The molecule has 0 spiro atoms. The second-order valence-electron chi connectivity index (χ2n) is 6.41. The summed E-state index contributed by atoms with van der Waals surface area (Å²) in [5.41, 5.74) is 2.88. The van der Waals surface area contributed by atoms with E-state index in [2.05, 4.69) is 25.2 Å². The maximum Gasteiger partial charge on any atom is 0.255 e. The van der Waals surface area contributed by atoms with Gasteiger partial charge in [0.05, 0.1) is 5.56 Å². The second kappa shape index (κ2) is 6.97. The lowest BCUT2D eigenvalue weighted by molar-refractivity contribution is 0.0680. The summed E-state index contributed by atoms with van der Waals surface area (Å²) in [4.78, 5) is 14.8. The van der Waals surface area contributed by atoms with Crippen molar-refractivity contribution in [3.63, 3.8) is 0 Å². The molecule has 1 aliphatic carbocycles. The number of nitrogens with zero attached hydrogens (tertiary/aromatic N) is 1. The minimum absolute atomic E-state index is 0.147. The van der Waals surface area contributed by atoms with E-state index in [0.29, 0.717) is 6.04 Å². The first-order chi connectivity index (χ1) is 10.0. The molecule has 21 heavy (non-hydrogen) atoms. The number of rotatable bonds is 4. The molecule has 0 aliphatic heterocycles. The first kappa shape index (κ1) is 15.9. The molecular formula is C18H28N2O. The molecule has 1 aromatic rings. The molecule has 1 saturated carbocycles. The Hall–Kier alpha value is -1.51.